The van der Waals surface area contributed by atoms with Crippen molar-refractivity contribution < 1.29 is 23.9 Å². The molecule has 2 amide bonds. The quantitative estimate of drug-likeness (QED) is 0.283. The van der Waals surface area contributed by atoms with Crippen molar-refractivity contribution in [1.29, 1.82) is 5.41 Å². The molecule has 0 radical (unpaired) electrons. The molecular formula is C27H31N5O5. The van der Waals surface area contributed by atoms with E-state index in [0.29, 0.717) is 37.9 Å². The molecule has 10 nitrogen and oxygen atoms in total. The number of carbonyl (C=O) groups is 3. The summed E-state index contributed by atoms with van der Waals surface area (Å²) in [5.41, 5.74) is 8.01. The Kier molecular flexibility index (Phi) is 7.98. The Morgan fingerprint density at radius 2 is 1.81 bits per heavy atom. The number of nitrogens with zero attached hydrogens (tertiary/aromatic N) is 2. The zero-order valence-corrected chi connectivity index (χ0v) is 20.7. The van der Waals surface area contributed by atoms with Gasteiger partial charge in [-0.1, -0.05) is 54.6 Å². The number of benzene rings is 2. The number of aliphatic imine (C=N–C) groups is 1. The highest BCUT2D eigenvalue weighted by Crippen LogP contribution is 2.41. The van der Waals surface area contributed by atoms with Gasteiger partial charge in [0.1, 0.15) is 18.5 Å². The summed E-state index contributed by atoms with van der Waals surface area (Å²) >= 11 is 0. The van der Waals surface area contributed by atoms with Crippen LogP contribution in [-0.4, -0.2) is 67.2 Å². The van der Waals surface area contributed by atoms with Gasteiger partial charge in [0.15, 0.2) is 0 Å². The first-order valence-electron chi connectivity index (χ1n) is 12.1. The van der Waals surface area contributed by atoms with Crippen molar-refractivity contribution in [2.24, 2.45) is 16.1 Å². The number of methoxy groups -OCH3 is 1. The van der Waals surface area contributed by atoms with Gasteiger partial charge in [0.2, 0.25) is 0 Å². The van der Waals surface area contributed by atoms with Crippen molar-refractivity contribution >= 4 is 29.5 Å². The average Bonchev–Trinajstić information content (AvgIpc) is 3.23. The van der Waals surface area contributed by atoms with E-state index in [1.807, 2.05) is 47.4 Å². The van der Waals surface area contributed by atoms with Crippen LogP contribution in [0.25, 0.3) is 0 Å². The first-order chi connectivity index (χ1) is 17.8. The smallest absolute Gasteiger partial charge is 0.408 e. The number of hydrogen-bond acceptors (Lipinski definition) is 7. The number of likely N-dealkylation sites (tertiary alicyclic amines) is 1. The number of carbonyl (C=O) groups excluding carboxylic acids is 3. The maximum absolute atomic E-state index is 12.9. The van der Waals surface area contributed by atoms with Crippen LogP contribution in [0.4, 0.5) is 4.79 Å². The van der Waals surface area contributed by atoms with Gasteiger partial charge in [-0.2, -0.15) is 0 Å². The third-order valence-corrected chi connectivity index (χ3v) is 6.97. The fraction of sp³-hybridized carbons (Fsp3) is 0.370. The van der Waals surface area contributed by atoms with Crippen LogP contribution >= 0.6 is 0 Å². The summed E-state index contributed by atoms with van der Waals surface area (Å²) in [5, 5.41) is 10.1. The topological polar surface area (TPSA) is 147 Å². The molecule has 4 N–H and O–H groups in total. The minimum absolute atomic E-state index is 0.0102. The molecule has 1 unspecified atom stereocenters. The number of nitrogen functional groups attached to an aromatic ring is 1. The number of nitrogens with one attached hydrogen (secondary N) is 2. The third kappa shape index (κ3) is 6.21. The van der Waals surface area contributed by atoms with Crippen molar-refractivity contribution in [3.63, 3.8) is 0 Å². The highest BCUT2D eigenvalue weighted by molar-refractivity contribution is 6.14. The molecule has 2 aromatic rings. The fourth-order valence-electron chi connectivity index (χ4n) is 4.73. The zero-order chi connectivity index (χ0) is 26.4. The maximum Gasteiger partial charge on any atom is 0.408 e. The molecule has 2 aromatic carbocycles. The summed E-state index contributed by atoms with van der Waals surface area (Å²) in [6.45, 7) is 1.49. The largest absolute Gasteiger partial charge is 0.467 e. The minimum Gasteiger partial charge on any atom is -0.467 e. The second kappa shape index (κ2) is 11.3. The predicted molar refractivity (Wildman–Crippen MR) is 137 cm³/mol. The number of esters is 1. The van der Waals surface area contributed by atoms with Crippen LogP contribution in [-0.2, 0) is 25.7 Å². The number of alkyl carbamates (subject to hydrolysis) is 1. The Morgan fingerprint density at radius 1 is 1.14 bits per heavy atom. The number of rotatable bonds is 8. The number of piperidine rings is 1. The Labute approximate surface area is 215 Å². The second-order valence-electron chi connectivity index (χ2n) is 9.39. The first-order valence-corrected chi connectivity index (χ1v) is 12.1. The Morgan fingerprint density at radius 3 is 2.43 bits per heavy atom. The molecule has 4 rings (SSSR count). The summed E-state index contributed by atoms with van der Waals surface area (Å²) in [6, 6.07) is 15.5. The molecule has 1 atom stereocenters. The summed E-state index contributed by atoms with van der Waals surface area (Å²) in [4.78, 5) is 44.0. The zero-order valence-electron chi connectivity index (χ0n) is 20.7. The minimum atomic E-state index is -0.895. The molecule has 0 aliphatic carbocycles. The lowest BCUT2D eigenvalue weighted by molar-refractivity contribution is -0.144. The number of amides is 2. The van der Waals surface area contributed by atoms with Crippen LogP contribution in [0, 0.1) is 10.8 Å². The van der Waals surface area contributed by atoms with Gasteiger partial charge >= 0.3 is 12.1 Å². The van der Waals surface area contributed by atoms with E-state index in [-0.39, 0.29) is 24.9 Å². The van der Waals surface area contributed by atoms with Crippen molar-refractivity contribution in [3.8, 4) is 0 Å². The van der Waals surface area contributed by atoms with E-state index in [9.17, 15) is 14.4 Å². The van der Waals surface area contributed by atoms with Gasteiger partial charge in [0.25, 0.3) is 5.91 Å². The molecule has 0 bridgehead atoms. The molecule has 37 heavy (non-hydrogen) atoms. The molecule has 194 valence electrons. The molecule has 2 aliphatic heterocycles. The lowest BCUT2D eigenvalue weighted by Gasteiger charge is -2.38. The highest BCUT2D eigenvalue weighted by atomic mass is 16.6. The molecule has 0 saturated carbocycles. The van der Waals surface area contributed by atoms with Gasteiger partial charge in [-0.05, 0) is 37.1 Å². The molecule has 1 spiro atoms. The van der Waals surface area contributed by atoms with Gasteiger partial charge in [-0.25, -0.2) is 14.6 Å². The molecule has 2 heterocycles. The molecule has 0 aromatic heterocycles. The van der Waals surface area contributed by atoms with Gasteiger partial charge in [0.05, 0.1) is 18.2 Å². The van der Waals surface area contributed by atoms with E-state index in [1.165, 1.54) is 7.11 Å². The van der Waals surface area contributed by atoms with Crippen LogP contribution in [0.2, 0.25) is 0 Å². The number of nitrogens with two attached hydrogens (primary N) is 1. The molecule has 10 heteroatoms. The highest BCUT2D eigenvalue weighted by Gasteiger charge is 2.46. The van der Waals surface area contributed by atoms with E-state index < -0.39 is 23.5 Å². The Hall–Kier alpha value is -4.05. The number of amidine groups is 1. The molecule has 1 fully saturated rings. The van der Waals surface area contributed by atoms with Crippen molar-refractivity contribution in [3.05, 3.63) is 71.3 Å². The lowest BCUT2D eigenvalue weighted by atomic mass is 9.75. The van der Waals surface area contributed by atoms with E-state index in [4.69, 9.17) is 20.6 Å². The van der Waals surface area contributed by atoms with Gasteiger partial charge in [-0.3, -0.25) is 10.2 Å². The average molecular weight is 506 g/mol. The van der Waals surface area contributed by atoms with Crippen molar-refractivity contribution in [2.45, 2.75) is 31.9 Å². The van der Waals surface area contributed by atoms with Crippen LogP contribution in [0.5, 0.6) is 0 Å². The monoisotopic (exact) mass is 505 g/mol. The summed E-state index contributed by atoms with van der Waals surface area (Å²) in [7, 11) is 1.27. The van der Waals surface area contributed by atoms with E-state index in [1.54, 1.807) is 12.1 Å². The van der Waals surface area contributed by atoms with Crippen LogP contribution in [0.3, 0.4) is 0 Å². The third-order valence-electron chi connectivity index (χ3n) is 6.97. The van der Waals surface area contributed by atoms with Crippen molar-refractivity contribution in [1.82, 2.24) is 10.2 Å². The number of ether oxygens (including phenoxy) is 2. The lowest BCUT2D eigenvalue weighted by Crippen LogP contribution is -2.52. The van der Waals surface area contributed by atoms with Crippen molar-refractivity contribution in [2.75, 3.05) is 26.7 Å². The Balaban J connectivity index is 1.31. The normalized spacial score (nSPS) is 17.6. The van der Waals surface area contributed by atoms with Gasteiger partial charge in [0, 0.05) is 18.5 Å². The first kappa shape index (κ1) is 26.0. The second-order valence-corrected chi connectivity index (χ2v) is 9.39. The summed E-state index contributed by atoms with van der Waals surface area (Å²) in [6.07, 6.45) is 1.03. The molecule has 2 aliphatic rings. The summed E-state index contributed by atoms with van der Waals surface area (Å²) < 4.78 is 10.1. The Bertz CT molecular complexity index is 1190. The fourth-order valence-corrected chi connectivity index (χ4v) is 4.73. The number of hydrogen-bond donors (Lipinski definition) is 3. The van der Waals surface area contributed by atoms with Crippen LogP contribution in [0.15, 0.2) is 59.6 Å². The van der Waals surface area contributed by atoms with Crippen LogP contribution in [0.1, 0.15) is 36.0 Å². The van der Waals surface area contributed by atoms with E-state index >= 15 is 0 Å². The van der Waals surface area contributed by atoms with Gasteiger partial charge < -0.3 is 25.4 Å². The summed E-state index contributed by atoms with van der Waals surface area (Å²) in [5.74, 6) is -0.692. The molecule has 1 saturated heterocycles. The maximum atomic E-state index is 12.9. The predicted octanol–water partition coefficient (Wildman–Crippen LogP) is 2.24. The van der Waals surface area contributed by atoms with E-state index in [0.717, 1.165) is 16.8 Å². The van der Waals surface area contributed by atoms with E-state index in [2.05, 4.69) is 10.3 Å². The van der Waals surface area contributed by atoms with Gasteiger partial charge in [-0.15, -0.1) is 0 Å². The standard InChI is InChI=1S/C27H31N5O5/c1-36-24(33)22(31-26(35)37-17-18-5-3-2-4-6-18)16-32-13-11-27(12-14-32)15-21(30-25(27)34)19-7-9-20(10-8-19)23(28)29/h2-10,22H,11-17H2,1H3,(H3,28,29)(H,31,35). The molecular weight excluding hydrogens is 474 g/mol. The SMILES string of the molecule is COC(=O)C(CN1CCC2(CC1)CC(c1ccc(C(=N)N)cc1)=NC2=O)NC(=O)OCc1ccccc1. The van der Waals surface area contributed by atoms with Crippen LogP contribution < -0.4 is 11.1 Å².